The summed E-state index contributed by atoms with van der Waals surface area (Å²) in [7, 11) is 0. The highest BCUT2D eigenvalue weighted by atomic mass is 127. The Morgan fingerprint density at radius 1 is 1.35 bits per heavy atom. The van der Waals surface area contributed by atoms with Gasteiger partial charge >= 0.3 is 0 Å². The monoisotopic (exact) mass is 359 g/mol. The van der Waals surface area contributed by atoms with Crippen molar-refractivity contribution in [2.75, 3.05) is 5.32 Å². The van der Waals surface area contributed by atoms with Crippen LogP contribution in [-0.4, -0.2) is 15.9 Å². The van der Waals surface area contributed by atoms with Gasteiger partial charge < -0.3 is 5.32 Å². The molecule has 0 spiro atoms. The molecule has 1 amide bonds. The van der Waals surface area contributed by atoms with Gasteiger partial charge in [0.2, 0.25) is 0 Å². The van der Waals surface area contributed by atoms with Gasteiger partial charge in [-0.25, -0.2) is 4.98 Å². The molecule has 0 bridgehead atoms. The van der Waals surface area contributed by atoms with Crippen LogP contribution in [0, 0.1) is 3.57 Å². The SMILES string of the molecule is O=C(Nc1cccc(I)c1)c1cncc(Cl)n1. The number of nitrogens with one attached hydrogen (secondary N) is 1. The molecule has 86 valence electrons. The van der Waals surface area contributed by atoms with Crippen LogP contribution in [0.15, 0.2) is 36.7 Å². The van der Waals surface area contributed by atoms with Crippen molar-refractivity contribution in [2.24, 2.45) is 0 Å². The van der Waals surface area contributed by atoms with Crippen LogP contribution in [0.5, 0.6) is 0 Å². The molecule has 0 radical (unpaired) electrons. The Balaban J connectivity index is 2.17. The number of anilines is 1. The molecule has 0 fully saturated rings. The van der Waals surface area contributed by atoms with E-state index in [0.29, 0.717) is 5.69 Å². The first kappa shape index (κ1) is 12.3. The minimum atomic E-state index is -0.331. The largest absolute Gasteiger partial charge is 0.321 e. The predicted molar refractivity (Wildman–Crippen MR) is 74.2 cm³/mol. The summed E-state index contributed by atoms with van der Waals surface area (Å²) in [5.74, 6) is -0.331. The standard InChI is InChI=1S/C11H7ClIN3O/c12-10-6-14-5-9(16-10)11(17)15-8-3-1-2-7(13)4-8/h1-6H,(H,15,17). The maximum atomic E-state index is 11.8. The lowest BCUT2D eigenvalue weighted by Crippen LogP contribution is -2.14. The van der Waals surface area contributed by atoms with Crippen molar-refractivity contribution in [2.45, 2.75) is 0 Å². The zero-order valence-corrected chi connectivity index (χ0v) is 11.4. The summed E-state index contributed by atoms with van der Waals surface area (Å²) >= 11 is 7.83. The molecule has 1 aromatic carbocycles. The normalized spacial score (nSPS) is 10.0. The third-order valence-corrected chi connectivity index (χ3v) is 2.77. The smallest absolute Gasteiger partial charge is 0.275 e. The lowest BCUT2D eigenvalue weighted by molar-refractivity contribution is 0.102. The van der Waals surface area contributed by atoms with E-state index in [9.17, 15) is 4.79 Å². The van der Waals surface area contributed by atoms with Crippen molar-refractivity contribution in [1.82, 2.24) is 9.97 Å². The number of aromatic nitrogens is 2. The molecule has 17 heavy (non-hydrogen) atoms. The molecule has 4 nitrogen and oxygen atoms in total. The zero-order chi connectivity index (χ0) is 12.3. The number of carbonyl (C=O) groups is 1. The summed E-state index contributed by atoms with van der Waals surface area (Å²) in [5, 5.41) is 2.92. The molecule has 0 aliphatic rings. The topological polar surface area (TPSA) is 54.9 Å². The maximum Gasteiger partial charge on any atom is 0.275 e. The number of amides is 1. The van der Waals surface area contributed by atoms with Crippen molar-refractivity contribution in [1.29, 1.82) is 0 Å². The van der Waals surface area contributed by atoms with E-state index >= 15 is 0 Å². The van der Waals surface area contributed by atoms with Crippen LogP contribution in [-0.2, 0) is 0 Å². The Morgan fingerprint density at radius 2 is 2.18 bits per heavy atom. The van der Waals surface area contributed by atoms with E-state index in [4.69, 9.17) is 11.6 Å². The average Bonchev–Trinajstić information content (AvgIpc) is 2.29. The Bertz CT molecular complexity index is 562. The van der Waals surface area contributed by atoms with E-state index in [2.05, 4.69) is 37.9 Å². The maximum absolute atomic E-state index is 11.8. The van der Waals surface area contributed by atoms with Crippen LogP contribution in [0.1, 0.15) is 10.5 Å². The molecule has 0 unspecified atom stereocenters. The van der Waals surface area contributed by atoms with Crippen LogP contribution in [0.4, 0.5) is 5.69 Å². The first-order valence-electron chi connectivity index (χ1n) is 4.69. The second-order valence-electron chi connectivity index (χ2n) is 3.19. The van der Waals surface area contributed by atoms with Gasteiger partial charge in [0, 0.05) is 9.26 Å². The number of halogens is 2. The molecule has 1 heterocycles. The van der Waals surface area contributed by atoms with Crippen LogP contribution < -0.4 is 5.32 Å². The van der Waals surface area contributed by atoms with Gasteiger partial charge in [0.05, 0.1) is 12.4 Å². The van der Waals surface area contributed by atoms with Crippen molar-refractivity contribution < 1.29 is 4.79 Å². The molecule has 0 saturated heterocycles. The lowest BCUT2D eigenvalue weighted by Gasteiger charge is -2.04. The highest BCUT2D eigenvalue weighted by Gasteiger charge is 2.08. The van der Waals surface area contributed by atoms with Gasteiger partial charge in [-0.15, -0.1) is 0 Å². The third-order valence-electron chi connectivity index (χ3n) is 1.92. The molecule has 0 saturated carbocycles. The highest BCUT2D eigenvalue weighted by molar-refractivity contribution is 14.1. The van der Waals surface area contributed by atoms with E-state index in [1.165, 1.54) is 12.4 Å². The summed E-state index contributed by atoms with van der Waals surface area (Å²) < 4.78 is 1.04. The van der Waals surface area contributed by atoms with Gasteiger partial charge in [-0.2, -0.15) is 0 Å². The molecule has 0 aliphatic carbocycles. The van der Waals surface area contributed by atoms with Crippen molar-refractivity contribution in [3.05, 3.63) is 51.1 Å². The minimum Gasteiger partial charge on any atom is -0.321 e. The minimum absolute atomic E-state index is 0.191. The van der Waals surface area contributed by atoms with Crippen molar-refractivity contribution in [3.8, 4) is 0 Å². The van der Waals surface area contributed by atoms with Gasteiger partial charge in [0.25, 0.3) is 5.91 Å². The van der Waals surface area contributed by atoms with E-state index in [1.807, 2.05) is 18.2 Å². The summed E-state index contributed by atoms with van der Waals surface area (Å²) in [6.07, 6.45) is 2.75. The van der Waals surface area contributed by atoms with E-state index in [1.54, 1.807) is 6.07 Å². The summed E-state index contributed by atoms with van der Waals surface area (Å²) in [6, 6.07) is 7.46. The van der Waals surface area contributed by atoms with E-state index < -0.39 is 0 Å². The molecule has 2 rings (SSSR count). The molecule has 0 aliphatic heterocycles. The molecule has 6 heteroatoms. The Labute approximate surface area is 117 Å². The predicted octanol–water partition coefficient (Wildman–Crippen LogP) is 2.99. The number of carbonyl (C=O) groups excluding carboxylic acids is 1. The zero-order valence-electron chi connectivity index (χ0n) is 8.52. The average molecular weight is 360 g/mol. The van der Waals surface area contributed by atoms with Gasteiger partial charge in [-0.05, 0) is 40.8 Å². The van der Waals surface area contributed by atoms with E-state index in [0.717, 1.165) is 3.57 Å². The van der Waals surface area contributed by atoms with Crippen LogP contribution >= 0.6 is 34.2 Å². The summed E-state index contributed by atoms with van der Waals surface area (Å²) in [6.45, 7) is 0. The fraction of sp³-hybridized carbons (Fsp3) is 0. The van der Waals surface area contributed by atoms with Crippen LogP contribution in [0.25, 0.3) is 0 Å². The molecule has 2 aromatic rings. The van der Waals surface area contributed by atoms with Gasteiger partial charge in [-0.1, -0.05) is 17.7 Å². The summed E-state index contributed by atoms with van der Waals surface area (Å²) in [4.78, 5) is 19.5. The van der Waals surface area contributed by atoms with Crippen LogP contribution in [0.3, 0.4) is 0 Å². The first-order chi connectivity index (χ1) is 8.15. The van der Waals surface area contributed by atoms with Crippen LogP contribution in [0.2, 0.25) is 5.15 Å². The Kier molecular flexibility index (Phi) is 3.90. The molecule has 1 N–H and O–H groups in total. The fourth-order valence-electron chi connectivity index (χ4n) is 1.21. The third kappa shape index (κ3) is 3.37. The molecule has 1 aromatic heterocycles. The van der Waals surface area contributed by atoms with Gasteiger partial charge in [0.15, 0.2) is 0 Å². The number of hydrogen-bond acceptors (Lipinski definition) is 3. The van der Waals surface area contributed by atoms with Gasteiger partial charge in [-0.3, -0.25) is 9.78 Å². The number of hydrogen-bond donors (Lipinski definition) is 1. The number of rotatable bonds is 2. The van der Waals surface area contributed by atoms with Gasteiger partial charge in [0.1, 0.15) is 10.8 Å². The Hall–Kier alpha value is -1.21. The fourth-order valence-corrected chi connectivity index (χ4v) is 1.90. The van der Waals surface area contributed by atoms with Crippen molar-refractivity contribution >= 4 is 45.8 Å². The highest BCUT2D eigenvalue weighted by Crippen LogP contribution is 2.13. The Morgan fingerprint density at radius 3 is 2.88 bits per heavy atom. The van der Waals surface area contributed by atoms with Crippen molar-refractivity contribution in [3.63, 3.8) is 0 Å². The number of benzene rings is 1. The second-order valence-corrected chi connectivity index (χ2v) is 4.82. The second kappa shape index (κ2) is 5.42. The summed E-state index contributed by atoms with van der Waals surface area (Å²) in [5.41, 5.74) is 0.903. The number of nitrogens with zero attached hydrogens (tertiary/aromatic N) is 2. The quantitative estimate of drug-likeness (QED) is 0.839. The molecule has 0 atom stereocenters. The molecular weight excluding hydrogens is 352 g/mol. The lowest BCUT2D eigenvalue weighted by atomic mass is 10.3. The first-order valence-corrected chi connectivity index (χ1v) is 6.15. The van der Waals surface area contributed by atoms with E-state index in [-0.39, 0.29) is 16.8 Å². The molecular formula is C11H7ClIN3O.